The van der Waals surface area contributed by atoms with Crippen LogP contribution in [-0.4, -0.2) is 22.7 Å². The van der Waals surface area contributed by atoms with E-state index in [1.165, 1.54) is 6.92 Å². The van der Waals surface area contributed by atoms with Gasteiger partial charge in [-0.2, -0.15) is 26.3 Å². The molecule has 0 amide bonds. The molecule has 1 aliphatic carbocycles. The molecule has 1 heterocycles. The molecule has 1 saturated carbocycles. The first-order chi connectivity index (χ1) is 10.9. The molecule has 0 N–H and O–H groups in total. The lowest BCUT2D eigenvalue weighted by molar-refractivity contribution is -0.154. The van der Waals surface area contributed by atoms with E-state index < -0.39 is 29.5 Å². The van der Waals surface area contributed by atoms with Gasteiger partial charge in [0.1, 0.15) is 11.9 Å². The first-order valence-electron chi connectivity index (χ1n) is 7.49. The van der Waals surface area contributed by atoms with Gasteiger partial charge in [-0.15, -0.1) is 0 Å². The molecule has 1 aromatic rings. The van der Waals surface area contributed by atoms with E-state index in [0.29, 0.717) is 18.9 Å². The molecule has 9 heteroatoms. The van der Waals surface area contributed by atoms with Crippen molar-refractivity contribution in [1.82, 2.24) is 4.98 Å². The maximum atomic E-state index is 13.5. The van der Waals surface area contributed by atoms with Gasteiger partial charge in [0, 0.05) is 16.2 Å². The van der Waals surface area contributed by atoms with E-state index in [1.54, 1.807) is 6.92 Å². The minimum Gasteiger partial charge on any atom is -0.339 e. The third kappa shape index (κ3) is 3.65. The second-order valence-electron chi connectivity index (χ2n) is 6.21. The number of hydrogen-bond donors (Lipinski definition) is 0. The fourth-order valence-electron chi connectivity index (χ4n) is 3.08. The third-order valence-corrected chi connectivity index (χ3v) is 5.11. The summed E-state index contributed by atoms with van der Waals surface area (Å²) in [7, 11) is 0. The molecule has 0 bridgehead atoms. The van der Waals surface area contributed by atoms with Crippen LogP contribution < -0.4 is 4.90 Å². The lowest BCUT2D eigenvalue weighted by atomic mass is 9.76. The van der Waals surface area contributed by atoms with Gasteiger partial charge >= 0.3 is 12.4 Å². The number of halogens is 7. The minimum atomic E-state index is -4.68. The maximum absolute atomic E-state index is 13.5. The average molecular weight is 419 g/mol. The molecular formula is C15H17BrF6N2. The molecular weight excluding hydrogens is 402 g/mol. The van der Waals surface area contributed by atoms with Crippen LogP contribution in [0.3, 0.4) is 0 Å². The summed E-state index contributed by atoms with van der Waals surface area (Å²) in [5.74, 6) is -0.295. The molecule has 0 aromatic carbocycles. The van der Waals surface area contributed by atoms with Gasteiger partial charge < -0.3 is 4.90 Å². The summed E-state index contributed by atoms with van der Waals surface area (Å²) in [6.45, 7) is 3.01. The number of pyridine rings is 1. The Kier molecular flexibility index (Phi) is 5.14. The summed E-state index contributed by atoms with van der Waals surface area (Å²) in [5, 5.41) is 0. The van der Waals surface area contributed by atoms with E-state index in [-0.39, 0.29) is 16.7 Å². The van der Waals surface area contributed by atoms with Crippen LogP contribution in [0, 0.1) is 0 Å². The molecule has 136 valence electrons. The number of alkyl halides is 6. The van der Waals surface area contributed by atoms with Crippen LogP contribution in [0.2, 0.25) is 0 Å². The summed E-state index contributed by atoms with van der Waals surface area (Å²) in [6.07, 6.45) is -6.88. The zero-order valence-corrected chi connectivity index (χ0v) is 14.7. The van der Waals surface area contributed by atoms with Gasteiger partial charge in [0.25, 0.3) is 0 Å². The van der Waals surface area contributed by atoms with E-state index in [0.717, 1.165) is 17.5 Å². The summed E-state index contributed by atoms with van der Waals surface area (Å²) in [6, 6.07) is -1.18. The highest BCUT2D eigenvalue weighted by molar-refractivity contribution is 9.10. The quantitative estimate of drug-likeness (QED) is 0.561. The Morgan fingerprint density at radius 3 is 2.21 bits per heavy atom. The Morgan fingerprint density at radius 1 is 1.25 bits per heavy atom. The number of aromatic nitrogens is 1. The van der Waals surface area contributed by atoms with Crippen molar-refractivity contribution in [2.75, 3.05) is 4.90 Å². The van der Waals surface area contributed by atoms with Crippen molar-refractivity contribution in [1.29, 1.82) is 0 Å². The van der Waals surface area contributed by atoms with Crippen molar-refractivity contribution in [2.24, 2.45) is 0 Å². The SMILES string of the molecule is CCC(N(c1cc(C(F)(F)F)c(Br)cn1)C1(C)CCC1)C(F)(F)F. The van der Waals surface area contributed by atoms with Crippen molar-refractivity contribution >= 4 is 21.7 Å². The number of rotatable bonds is 4. The Labute approximate surface area is 144 Å². The zero-order valence-electron chi connectivity index (χ0n) is 13.1. The fourth-order valence-corrected chi connectivity index (χ4v) is 3.52. The maximum Gasteiger partial charge on any atom is 0.417 e. The molecule has 1 unspecified atom stereocenters. The predicted octanol–water partition coefficient (Wildman–Crippen LogP) is 5.95. The van der Waals surface area contributed by atoms with Gasteiger partial charge in [-0.25, -0.2) is 4.98 Å². The Balaban J connectivity index is 2.56. The molecule has 1 aromatic heterocycles. The molecule has 24 heavy (non-hydrogen) atoms. The molecule has 0 saturated heterocycles. The minimum absolute atomic E-state index is 0.266. The average Bonchev–Trinajstić information content (AvgIpc) is 2.40. The smallest absolute Gasteiger partial charge is 0.339 e. The fraction of sp³-hybridized carbons (Fsp3) is 0.667. The normalized spacial score (nSPS) is 18.9. The zero-order chi connectivity index (χ0) is 18.3. The van der Waals surface area contributed by atoms with E-state index in [9.17, 15) is 26.3 Å². The third-order valence-electron chi connectivity index (χ3n) is 4.48. The Morgan fingerprint density at radius 2 is 1.83 bits per heavy atom. The van der Waals surface area contributed by atoms with Gasteiger partial charge in [0.05, 0.1) is 5.56 Å². The van der Waals surface area contributed by atoms with Crippen LogP contribution >= 0.6 is 15.9 Å². The molecule has 0 spiro atoms. The summed E-state index contributed by atoms with van der Waals surface area (Å²) < 4.78 is 79.4. The van der Waals surface area contributed by atoms with Crippen LogP contribution in [-0.2, 0) is 6.18 Å². The van der Waals surface area contributed by atoms with Crippen molar-refractivity contribution in [3.05, 3.63) is 22.3 Å². The topological polar surface area (TPSA) is 16.1 Å². The first kappa shape index (κ1) is 19.3. The van der Waals surface area contributed by atoms with E-state index >= 15 is 0 Å². The number of anilines is 1. The second kappa shape index (κ2) is 6.38. The van der Waals surface area contributed by atoms with E-state index in [4.69, 9.17) is 0 Å². The van der Waals surface area contributed by atoms with Gasteiger partial charge in [-0.3, -0.25) is 0 Å². The highest BCUT2D eigenvalue weighted by Gasteiger charge is 2.51. The highest BCUT2D eigenvalue weighted by Crippen LogP contribution is 2.46. The predicted molar refractivity (Wildman–Crippen MR) is 81.8 cm³/mol. The van der Waals surface area contributed by atoms with Crippen molar-refractivity contribution < 1.29 is 26.3 Å². The molecule has 0 aliphatic heterocycles. The number of hydrogen-bond acceptors (Lipinski definition) is 2. The van der Waals surface area contributed by atoms with Gasteiger partial charge in [0.15, 0.2) is 0 Å². The monoisotopic (exact) mass is 418 g/mol. The second-order valence-corrected chi connectivity index (χ2v) is 7.06. The highest BCUT2D eigenvalue weighted by atomic mass is 79.9. The molecule has 2 rings (SSSR count). The Bertz CT molecular complexity index is 595. The Hall–Kier alpha value is -0.990. The number of nitrogens with zero attached hydrogens (tertiary/aromatic N) is 2. The molecule has 1 fully saturated rings. The lowest BCUT2D eigenvalue weighted by Gasteiger charge is -2.52. The van der Waals surface area contributed by atoms with Crippen LogP contribution in [0.4, 0.5) is 32.2 Å². The molecule has 0 radical (unpaired) electrons. The van der Waals surface area contributed by atoms with Crippen LogP contribution in [0.5, 0.6) is 0 Å². The summed E-state index contributed by atoms with van der Waals surface area (Å²) in [4.78, 5) is 4.89. The van der Waals surface area contributed by atoms with Crippen molar-refractivity contribution in [3.8, 4) is 0 Å². The van der Waals surface area contributed by atoms with Crippen LogP contribution in [0.25, 0.3) is 0 Å². The van der Waals surface area contributed by atoms with E-state index in [1.807, 2.05) is 0 Å². The van der Waals surface area contributed by atoms with Crippen molar-refractivity contribution in [3.63, 3.8) is 0 Å². The van der Waals surface area contributed by atoms with Gasteiger partial charge in [-0.1, -0.05) is 6.92 Å². The summed E-state index contributed by atoms with van der Waals surface area (Å²) >= 11 is 2.77. The molecule has 2 nitrogen and oxygen atoms in total. The van der Waals surface area contributed by atoms with Gasteiger partial charge in [-0.05, 0) is 54.6 Å². The first-order valence-corrected chi connectivity index (χ1v) is 8.28. The largest absolute Gasteiger partial charge is 0.417 e. The lowest BCUT2D eigenvalue weighted by Crippen LogP contribution is -2.60. The molecule has 1 aliphatic rings. The van der Waals surface area contributed by atoms with E-state index in [2.05, 4.69) is 20.9 Å². The van der Waals surface area contributed by atoms with Gasteiger partial charge in [0.2, 0.25) is 0 Å². The standard InChI is InChI=1S/C15H17BrF6N2/c1-3-11(15(20,21)22)24(13(2)5-4-6-13)12-7-9(14(17,18)19)10(16)8-23-12/h7-8,11H,3-6H2,1-2H3. The summed E-state index contributed by atoms with van der Waals surface area (Å²) in [5.41, 5.74) is -1.88. The van der Waals surface area contributed by atoms with Crippen LogP contribution in [0.1, 0.15) is 45.1 Å². The van der Waals surface area contributed by atoms with Crippen LogP contribution in [0.15, 0.2) is 16.7 Å². The van der Waals surface area contributed by atoms with Crippen molar-refractivity contribution in [2.45, 2.75) is 63.5 Å². The molecule has 1 atom stereocenters.